The smallest absolute Gasteiger partial charge is 0.245 e. The quantitative estimate of drug-likeness (QED) is 0.715. The number of hydrogen-bond donors (Lipinski definition) is 0. The molecule has 2 fully saturated rings. The Bertz CT molecular complexity index is 910. The molecule has 0 N–H and O–H groups in total. The number of piperazine rings is 1. The molecule has 0 saturated carbocycles. The van der Waals surface area contributed by atoms with Crippen LogP contribution in [-0.4, -0.2) is 88.6 Å². The van der Waals surface area contributed by atoms with Crippen LogP contribution in [-0.2, 0) is 14.3 Å². The van der Waals surface area contributed by atoms with E-state index >= 15 is 0 Å². The van der Waals surface area contributed by atoms with Crippen molar-refractivity contribution in [2.75, 3.05) is 39.8 Å². The third-order valence-corrected chi connectivity index (χ3v) is 6.29. The van der Waals surface area contributed by atoms with Gasteiger partial charge < -0.3 is 19.1 Å². The molecular weight excluding hydrogens is 398 g/mol. The van der Waals surface area contributed by atoms with Crippen molar-refractivity contribution in [2.24, 2.45) is 0 Å². The van der Waals surface area contributed by atoms with E-state index in [4.69, 9.17) is 9.26 Å². The van der Waals surface area contributed by atoms with Gasteiger partial charge >= 0.3 is 0 Å². The normalized spacial score (nSPS) is 23.2. The van der Waals surface area contributed by atoms with Gasteiger partial charge in [0, 0.05) is 58.7 Å². The first-order chi connectivity index (χ1) is 15.0. The number of methoxy groups -OCH3 is 1. The summed E-state index contributed by atoms with van der Waals surface area (Å²) < 4.78 is 10.9. The molecule has 166 valence electrons. The minimum Gasteiger partial charge on any atom is -0.380 e. The van der Waals surface area contributed by atoms with Gasteiger partial charge in [-0.1, -0.05) is 35.5 Å². The summed E-state index contributed by atoms with van der Waals surface area (Å²) in [5, 5.41) is 4.11. The zero-order valence-corrected chi connectivity index (χ0v) is 18.2. The molecule has 2 aliphatic rings. The second-order valence-corrected chi connectivity index (χ2v) is 8.14. The molecule has 0 unspecified atom stereocenters. The van der Waals surface area contributed by atoms with Crippen LogP contribution >= 0.6 is 0 Å². The van der Waals surface area contributed by atoms with Crippen molar-refractivity contribution in [3.8, 4) is 11.4 Å². The van der Waals surface area contributed by atoms with Gasteiger partial charge in [-0.05, 0) is 6.92 Å². The number of aromatic nitrogens is 2. The number of amides is 2. The van der Waals surface area contributed by atoms with Gasteiger partial charge in [-0.3, -0.25) is 14.5 Å². The number of ether oxygens (including phenoxy) is 1. The van der Waals surface area contributed by atoms with Crippen LogP contribution in [0.15, 0.2) is 34.9 Å². The van der Waals surface area contributed by atoms with E-state index in [0.29, 0.717) is 50.9 Å². The Hall–Kier alpha value is -2.78. The molecule has 9 heteroatoms. The maximum absolute atomic E-state index is 13.1. The first-order valence-electron chi connectivity index (χ1n) is 10.7. The number of carbonyl (C=O) groups excluding carboxylic acids is 2. The number of hydrogen-bond acceptors (Lipinski definition) is 7. The Labute approximate surface area is 181 Å². The van der Waals surface area contributed by atoms with Gasteiger partial charge in [0.15, 0.2) is 0 Å². The first kappa shape index (κ1) is 21.5. The van der Waals surface area contributed by atoms with E-state index in [9.17, 15) is 9.59 Å². The van der Waals surface area contributed by atoms with Crippen molar-refractivity contribution >= 4 is 11.8 Å². The molecule has 3 heterocycles. The Morgan fingerprint density at radius 1 is 1.16 bits per heavy atom. The molecule has 3 atom stereocenters. The third-order valence-electron chi connectivity index (χ3n) is 6.29. The van der Waals surface area contributed by atoms with E-state index in [1.807, 2.05) is 42.2 Å². The van der Waals surface area contributed by atoms with E-state index < -0.39 is 6.04 Å². The second-order valence-electron chi connectivity index (χ2n) is 8.14. The topological polar surface area (TPSA) is 92.0 Å². The molecular formula is C22H29N5O4. The molecule has 0 spiro atoms. The van der Waals surface area contributed by atoms with Crippen LogP contribution in [0.5, 0.6) is 0 Å². The van der Waals surface area contributed by atoms with E-state index in [1.165, 1.54) is 6.92 Å². The number of rotatable bonds is 5. The molecule has 0 bridgehead atoms. The average Bonchev–Trinajstić information content (AvgIpc) is 3.46. The van der Waals surface area contributed by atoms with Gasteiger partial charge in [-0.25, -0.2) is 0 Å². The van der Waals surface area contributed by atoms with Crippen molar-refractivity contribution < 1.29 is 18.8 Å². The Morgan fingerprint density at radius 2 is 1.87 bits per heavy atom. The highest BCUT2D eigenvalue weighted by Gasteiger charge is 2.41. The summed E-state index contributed by atoms with van der Waals surface area (Å²) in [4.78, 5) is 35.4. The predicted molar refractivity (Wildman–Crippen MR) is 113 cm³/mol. The minimum absolute atomic E-state index is 0.00575. The lowest BCUT2D eigenvalue weighted by Crippen LogP contribution is -2.54. The summed E-state index contributed by atoms with van der Waals surface area (Å²) in [6.07, 6.45) is 0.464. The van der Waals surface area contributed by atoms with Crippen LogP contribution in [0, 0.1) is 0 Å². The lowest BCUT2D eigenvalue weighted by molar-refractivity contribution is -0.144. The molecule has 31 heavy (non-hydrogen) atoms. The van der Waals surface area contributed by atoms with Gasteiger partial charge in [0.05, 0.1) is 12.1 Å². The second kappa shape index (κ2) is 9.15. The molecule has 0 radical (unpaired) electrons. The van der Waals surface area contributed by atoms with Crippen LogP contribution in [0.1, 0.15) is 32.2 Å². The van der Waals surface area contributed by atoms with E-state index in [1.54, 1.807) is 12.0 Å². The highest BCUT2D eigenvalue weighted by molar-refractivity contribution is 5.87. The first-order valence-corrected chi connectivity index (χ1v) is 10.7. The summed E-state index contributed by atoms with van der Waals surface area (Å²) in [5.74, 6) is 1.07. The monoisotopic (exact) mass is 427 g/mol. The Balaban J connectivity index is 1.36. The minimum atomic E-state index is -0.434. The number of likely N-dealkylation sites (tertiary alicyclic amines) is 1. The molecule has 1 aromatic carbocycles. The Morgan fingerprint density at radius 3 is 2.52 bits per heavy atom. The summed E-state index contributed by atoms with van der Waals surface area (Å²) >= 11 is 0. The van der Waals surface area contributed by atoms with Crippen molar-refractivity contribution in [3.05, 3.63) is 36.2 Å². The fourth-order valence-corrected chi connectivity index (χ4v) is 4.36. The molecule has 2 saturated heterocycles. The summed E-state index contributed by atoms with van der Waals surface area (Å²) in [7, 11) is 1.62. The molecule has 2 aliphatic heterocycles. The lowest BCUT2D eigenvalue weighted by atomic mass is 10.1. The van der Waals surface area contributed by atoms with Gasteiger partial charge in [-0.15, -0.1) is 0 Å². The van der Waals surface area contributed by atoms with Gasteiger partial charge in [0.25, 0.3) is 0 Å². The zero-order valence-electron chi connectivity index (χ0n) is 18.2. The van der Waals surface area contributed by atoms with Crippen molar-refractivity contribution in [1.29, 1.82) is 0 Å². The van der Waals surface area contributed by atoms with Gasteiger partial charge in [-0.2, -0.15) is 4.98 Å². The van der Waals surface area contributed by atoms with Crippen molar-refractivity contribution in [1.82, 2.24) is 24.8 Å². The van der Waals surface area contributed by atoms with Gasteiger partial charge in [0.1, 0.15) is 6.04 Å². The van der Waals surface area contributed by atoms with Gasteiger partial charge in [0.2, 0.25) is 23.5 Å². The summed E-state index contributed by atoms with van der Waals surface area (Å²) in [6, 6.07) is 9.26. The van der Waals surface area contributed by atoms with Crippen molar-refractivity contribution in [3.63, 3.8) is 0 Å². The van der Waals surface area contributed by atoms with Crippen LogP contribution < -0.4 is 0 Å². The molecule has 1 aromatic heterocycles. The lowest BCUT2D eigenvalue weighted by Gasteiger charge is -2.38. The molecule has 4 rings (SSSR count). The van der Waals surface area contributed by atoms with Crippen LogP contribution in [0.2, 0.25) is 0 Å². The molecule has 0 aliphatic carbocycles. The number of carbonyl (C=O) groups is 2. The summed E-state index contributed by atoms with van der Waals surface area (Å²) in [6.45, 7) is 6.63. The largest absolute Gasteiger partial charge is 0.380 e. The number of benzene rings is 1. The van der Waals surface area contributed by atoms with Crippen molar-refractivity contribution in [2.45, 2.75) is 38.5 Å². The van der Waals surface area contributed by atoms with Crippen LogP contribution in [0.3, 0.4) is 0 Å². The van der Waals surface area contributed by atoms with Crippen LogP contribution in [0.4, 0.5) is 0 Å². The van der Waals surface area contributed by atoms with Crippen LogP contribution in [0.25, 0.3) is 11.4 Å². The maximum atomic E-state index is 13.1. The molecule has 9 nitrogen and oxygen atoms in total. The Kier molecular flexibility index (Phi) is 6.33. The van der Waals surface area contributed by atoms with E-state index in [-0.39, 0.29) is 24.0 Å². The highest BCUT2D eigenvalue weighted by atomic mass is 16.5. The molecule has 2 aromatic rings. The van der Waals surface area contributed by atoms with E-state index in [0.717, 1.165) is 5.56 Å². The SMILES string of the molecule is CO[C@H]1C[C@H](C(=O)N2CCN([C@H](C)c3nc(-c4ccccc4)no3)CC2)N(C(C)=O)C1. The highest BCUT2D eigenvalue weighted by Crippen LogP contribution is 2.26. The predicted octanol–water partition coefficient (Wildman–Crippen LogP) is 1.58. The average molecular weight is 428 g/mol. The molecule has 2 amide bonds. The summed E-state index contributed by atoms with van der Waals surface area (Å²) in [5.41, 5.74) is 0.918. The fourth-order valence-electron chi connectivity index (χ4n) is 4.36. The zero-order chi connectivity index (χ0) is 22.0. The number of nitrogens with zero attached hydrogens (tertiary/aromatic N) is 5. The third kappa shape index (κ3) is 4.47. The fraction of sp³-hybridized carbons (Fsp3) is 0.545. The van der Waals surface area contributed by atoms with E-state index in [2.05, 4.69) is 15.0 Å². The standard InChI is InChI=1S/C22H29N5O4/c1-15(21-23-20(24-31-21)17-7-5-4-6-8-17)25-9-11-26(12-10-25)22(29)19-13-18(30-3)14-27(19)16(2)28/h4-8,15,18-19H,9-14H2,1-3H3/t15-,18+,19-/m1/s1. The maximum Gasteiger partial charge on any atom is 0.245 e.